The van der Waals surface area contributed by atoms with Gasteiger partial charge in [-0.1, -0.05) is 25.0 Å². The number of ether oxygens (including phenoxy) is 3. The van der Waals surface area contributed by atoms with E-state index in [0.717, 1.165) is 43.0 Å². The van der Waals surface area contributed by atoms with Gasteiger partial charge in [0.2, 0.25) is 5.91 Å². The molecule has 0 aromatic heterocycles. The van der Waals surface area contributed by atoms with Gasteiger partial charge in [-0.25, -0.2) is 0 Å². The summed E-state index contributed by atoms with van der Waals surface area (Å²) < 4.78 is 16.7. The summed E-state index contributed by atoms with van der Waals surface area (Å²) in [5.41, 5.74) is 1.97. The van der Waals surface area contributed by atoms with Crippen molar-refractivity contribution < 1.29 is 19.0 Å². The molecular weight excluding hydrogens is 380 g/mol. The van der Waals surface area contributed by atoms with Crippen molar-refractivity contribution in [1.29, 1.82) is 0 Å². The minimum absolute atomic E-state index is 0.00935. The Morgan fingerprint density at radius 3 is 2.63 bits per heavy atom. The first-order chi connectivity index (χ1) is 14.7. The number of likely N-dealkylation sites (tertiary alicyclic amines) is 1. The lowest BCUT2D eigenvalue weighted by atomic mass is 10.0. The van der Waals surface area contributed by atoms with E-state index in [0.29, 0.717) is 25.5 Å². The Bertz CT molecular complexity index is 853. The Labute approximate surface area is 178 Å². The van der Waals surface area contributed by atoms with Crippen LogP contribution in [0.4, 0.5) is 5.69 Å². The Morgan fingerprint density at radius 1 is 1.03 bits per heavy atom. The first-order valence-electron chi connectivity index (χ1n) is 10.8. The summed E-state index contributed by atoms with van der Waals surface area (Å²) in [7, 11) is 1.68. The summed E-state index contributed by atoms with van der Waals surface area (Å²) in [4.78, 5) is 15.2. The largest absolute Gasteiger partial charge is 0.497 e. The fourth-order valence-corrected chi connectivity index (χ4v) is 4.19. The smallest absolute Gasteiger partial charge is 0.238 e. The second-order valence-electron chi connectivity index (χ2n) is 7.87. The summed E-state index contributed by atoms with van der Waals surface area (Å²) in [6.45, 7) is 2.57. The predicted molar refractivity (Wildman–Crippen MR) is 116 cm³/mol. The highest BCUT2D eigenvalue weighted by molar-refractivity contribution is 5.92. The number of benzene rings is 2. The summed E-state index contributed by atoms with van der Waals surface area (Å²) in [5.74, 6) is 2.27. The van der Waals surface area contributed by atoms with Crippen molar-refractivity contribution in [3.63, 3.8) is 0 Å². The van der Waals surface area contributed by atoms with E-state index in [9.17, 15) is 4.79 Å². The minimum atomic E-state index is -0.00935. The molecule has 2 aliphatic rings. The third-order valence-electron chi connectivity index (χ3n) is 5.74. The van der Waals surface area contributed by atoms with Crippen molar-refractivity contribution in [2.75, 3.05) is 38.7 Å². The quantitative estimate of drug-likeness (QED) is 0.791. The zero-order valence-corrected chi connectivity index (χ0v) is 17.6. The zero-order chi connectivity index (χ0) is 20.8. The van der Waals surface area contributed by atoms with E-state index in [4.69, 9.17) is 14.2 Å². The van der Waals surface area contributed by atoms with Gasteiger partial charge in [0.1, 0.15) is 5.75 Å². The molecule has 1 fully saturated rings. The Kier molecular flexibility index (Phi) is 6.74. The van der Waals surface area contributed by atoms with Crippen LogP contribution in [-0.4, -0.2) is 44.2 Å². The molecule has 2 aromatic rings. The van der Waals surface area contributed by atoms with E-state index in [1.165, 1.54) is 18.4 Å². The van der Waals surface area contributed by atoms with Crippen molar-refractivity contribution in [3.05, 3.63) is 48.0 Å². The number of methoxy groups -OCH3 is 1. The number of hydrogen-bond acceptors (Lipinski definition) is 5. The first-order valence-corrected chi connectivity index (χ1v) is 10.8. The van der Waals surface area contributed by atoms with Gasteiger partial charge < -0.3 is 19.5 Å². The highest BCUT2D eigenvalue weighted by atomic mass is 16.5. The summed E-state index contributed by atoms with van der Waals surface area (Å²) in [5, 5.41) is 3.03. The van der Waals surface area contributed by atoms with Gasteiger partial charge in [-0.3, -0.25) is 9.69 Å². The molecule has 4 rings (SSSR count). The van der Waals surface area contributed by atoms with Gasteiger partial charge in [0.15, 0.2) is 11.5 Å². The topological polar surface area (TPSA) is 60.0 Å². The molecule has 1 atom stereocenters. The van der Waals surface area contributed by atoms with Crippen LogP contribution in [0.5, 0.6) is 17.2 Å². The second kappa shape index (κ2) is 9.85. The van der Waals surface area contributed by atoms with Gasteiger partial charge in [-0.15, -0.1) is 0 Å². The average molecular weight is 411 g/mol. The van der Waals surface area contributed by atoms with Crippen LogP contribution >= 0.6 is 0 Å². The van der Waals surface area contributed by atoms with Crippen molar-refractivity contribution in [2.45, 2.75) is 38.1 Å². The molecule has 2 aromatic carbocycles. The van der Waals surface area contributed by atoms with Crippen molar-refractivity contribution in [2.24, 2.45) is 0 Å². The summed E-state index contributed by atoms with van der Waals surface area (Å²) in [6.07, 6.45) is 5.41. The molecule has 2 heterocycles. The van der Waals surface area contributed by atoms with E-state index in [2.05, 4.69) is 22.3 Å². The van der Waals surface area contributed by atoms with Gasteiger partial charge in [0, 0.05) is 24.2 Å². The van der Waals surface area contributed by atoms with Crippen LogP contribution in [0.15, 0.2) is 42.5 Å². The highest BCUT2D eigenvalue weighted by Gasteiger charge is 2.24. The van der Waals surface area contributed by atoms with Gasteiger partial charge >= 0.3 is 0 Å². The van der Waals surface area contributed by atoms with E-state index < -0.39 is 0 Å². The van der Waals surface area contributed by atoms with Crippen molar-refractivity contribution in [1.82, 2.24) is 4.90 Å². The number of rotatable bonds is 5. The number of carbonyl (C=O) groups is 1. The maximum atomic E-state index is 12.9. The average Bonchev–Trinajstić information content (AvgIpc) is 3.14. The van der Waals surface area contributed by atoms with Gasteiger partial charge in [0.05, 0.1) is 26.9 Å². The molecule has 0 aliphatic carbocycles. The normalized spacial score (nSPS) is 19.4. The molecule has 30 heavy (non-hydrogen) atoms. The minimum Gasteiger partial charge on any atom is -0.497 e. The predicted octanol–water partition coefficient (Wildman–Crippen LogP) is 4.41. The number of nitrogens with zero attached hydrogens (tertiary/aromatic N) is 1. The Morgan fingerprint density at radius 2 is 1.83 bits per heavy atom. The van der Waals surface area contributed by atoms with E-state index in [1.807, 2.05) is 30.3 Å². The van der Waals surface area contributed by atoms with E-state index >= 15 is 0 Å². The molecule has 6 heteroatoms. The molecular formula is C24H30N2O4. The maximum absolute atomic E-state index is 12.9. The van der Waals surface area contributed by atoms with Crippen LogP contribution in [-0.2, 0) is 4.79 Å². The molecule has 160 valence electrons. The third kappa shape index (κ3) is 5.05. The number of carbonyl (C=O) groups excluding carboxylic acids is 1. The Hall–Kier alpha value is -2.73. The SMILES string of the molecule is COc1ccc([C@@H]2CCCCCN2CC(=O)Nc2ccc3c(c2)OCCCO3)cc1. The molecule has 0 spiro atoms. The molecule has 2 aliphatic heterocycles. The lowest BCUT2D eigenvalue weighted by Gasteiger charge is -2.30. The van der Waals surface area contributed by atoms with Crippen LogP contribution in [0.25, 0.3) is 0 Å². The van der Waals surface area contributed by atoms with E-state index in [-0.39, 0.29) is 11.9 Å². The number of anilines is 1. The number of fused-ring (bicyclic) bond motifs is 1. The molecule has 0 bridgehead atoms. The molecule has 0 radical (unpaired) electrons. The molecule has 0 unspecified atom stereocenters. The standard InChI is InChI=1S/C24H30N2O4/c1-28-20-10-7-18(8-11-20)21-6-3-2-4-13-26(21)17-24(27)25-19-9-12-22-23(16-19)30-15-5-14-29-22/h7-12,16,21H,2-6,13-15,17H2,1H3,(H,25,27)/t21-/m0/s1. The first kappa shape index (κ1) is 20.5. The maximum Gasteiger partial charge on any atom is 0.238 e. The van der Waals surface area contributed by atoms with Crippen LogP contribution in [0.2, 0.25) is 0 Å². The zero-order valence-electron chi connectivity index (χ0n) is 17.6. The van der Waals surface area contributed by atoms with Crippen LogP contribution < -0.4 is 19.5 Å². The third-order valence-corrected chi connectivity index (χ3v) is 5.74. The summed E-state index contributed by atoms with van der Waals surface area (Å²) in [6, 6.07) is 14.0. The van der Waals surface area contributed by atoms with Gasteiger partial charge in [0.25, 0.3) is 0 Å². The lowest BCUT2D eigenvalue weighted by molar-refractivity contribution is -0.117. The van der Waals surface area contributed by atoms with Crippen molar-refractivity contribution in [3.8, 4) is 17.2 Å². The fourth-order valence-electron chi connectivity index (χ4n) is 4.19. The Balaban J connectivity index is 1.44. The highest BCUT2D eigenvalue weighted by Crippen LogP contribution is 2.33. The number of amides is 1. The van der Waals surface area contributed by atoms with Gasteiger partial charge in [-0.05, 0) is 49.2 Å². The fraction of sp³-hybridized carbons (Fsp3) is 0.458. The van der Waals surface area contributed by atoms with Gasteiger partial charge in [-0.2, -0.15) is 0 Å². The van der Waals surface area contributed by atoms with E-state index in [1.54, 1.807) is 7.11 Å². The molecule has 1 saturated heterocycles. The number of hydrogen-bond donors (Lipinski definition) is 1. The summed E-state index contributed by atoms with van der Waals surface area (Å²) >= 11 is 0. The monoisotopic (exact) mass is 410 g/mol. The number of nitrogens with one attached hydrogen (secondary N) is 1. The van der Waals surface area contributed by atoms with Crippen LogP contribution in [0.1, 0.15) is 43.7 Å². The van der Waals surface area contributed by atoms with Crippen LogP contribution in [0, 0.1) is 0 Å². The van der Waals surface area contributed by atoms with Crippen LogP contribution in [0.3, 0.4) is 0 Å². The molecule has 6 nitrogen and oxygen atoms in total. The second-order valence-corrected chi connectivity index (χ2v) is 7.87. The lowest BCUT2D eigenvalue weighted by Crippen LogP contribution is -2.36. The molecule has 1 N–H and O–H groups in total. The molecule has 0 saturated carbocycles. The molecule has 1 amide bonds. The van der Waals surface area contributed by atoms with Crippen molar-refractivity contribution >= 4 is 11.6 Å².